The zero-order chi connectivity index (χ0) is 10.9. The lowest BCUT2D eigenvalue weighted by Gasteiger charge is -2.11. The quantitative estimate of drug-likeness (QED) is 0.915. The molecule has 0 heterocycles. The largest absolute Gasteiger partial charge is 0.492 e. The van der Waals surface area contributed by atoms with E-state index in [4.69, 9.17) is 9.84 Å². The van der Waals surface area contributed by atoms with Crippen molar-refractivity contribution in [3.63, 3.8) is 0 Å². The normalized spacial score (nSPS) is 17.1. The highest BCUT2D eigenvalue weighted by Crippen LogP contribution is 2.46. The molecule has 0 aliphatic heterocycles. The van der Waals surface area contributed by atoms with Crippen molar-refractivity contribution in [2.45, 2.75) is 12.8 Å². The van der Waals surface area contributed by atoms with Gasteiger partial charge in [-0.2, -0.15) is 0 Å². The maximum absolute atomic E-state index is 10.9. The first-order valence-corrected chi connectivity index (χ1v) is 5.53. The zero-order valence-electron chi connectivity index (χ0n) is 8.07. The van der Waals surface area contributed by atoms with Crippen molar-refractivity contribution < 1.29 is 14.6 Å². The average molecular weight is 271 g/mol. The van der Waals surface area contributed by atoms with Gasteiger partial charge in [-0.3, -0.25) is 4.79 Å². The van der Waals surface area contributed by atoms with Crippen molar-refractivity contribution >= 4 is 21.9 Å². The van der Waals surface area contributed by atoms with Crippen molar-refractivity contribution in [2.75, 3.05) is 6.61 Å². The molecule has 1 N–H and O–H groups in total. The monoisotopic (exact) mass is 270 g/mol. The highest BCUT2D eigenvalue weighted by molar-refractivity contribution is 9.10. The molecule has 15 heavy (non-hydrogen) atoms. The van der Waals surface area contributed by atoms with E-state index >= 15 is 0 Å². The Morgan fingerprint density at radius 1 is 1.53 bits per heavy atom. The summed E-state index contributed by atoms with van der Waals surface area (Å²) >= 11 is 3.33. The molecule has 2 rings (SSSR count). The van der Waals surface area contributed by atoms with Gasteiger partial charge in [-0.15, -0.1) is 0 Å². The van der Waals surface area contributed by atoms with E-state index in [1.807, 2.05) is 24.3 Å². The van der Waals surface area contributed by atoms with Gasteiger partial charge >= 0.3 is 5.97 Å². The summed E-state index contributed by atoms with van der Waals surface area (Å²) in [6, 6.07) is 7.41. The first-order chi connectivity index (χ1) is 7.12. The smallest absolute Gasteiger partial charge is 0.313 e. The van der Waals surface area contributed by atoms with Crippen LogP contribution in [-0.2, 0) is 4.79 Å². The second-order valence-corrected chi connectivity index (χ2v) is 4.75. The van der Waals surface area contributed by atoms with Crippen molar-refractivity contribution in [2.24, 2.45) is 5.41 Å². The van der Waals surface area contributed by atoms with Crippen LogP contribution in [0.15, 0.2) is 28.7 Å². The molecule has 1 saturated carbocycles. The van der Waals surface area contributed by atoms with Crippen molar-refractivity contribution in [1.82, 2.24) is 0 Å². The zero-order valence-corrected chi connectivity index (χ0v) is 9.66. The SMILES string of the molecule is O=C(O)C1(COc2cccc(Br)c2)CC1. The molecule has 1 aliphatic rings. The van der Waals surface area contributed by atoms with Crippen LogP contribution in [0.1, 0.15) is 12.8 Å². The van der Waals surface area contributed by atoms with Crippen LogP contribution in [0.3, 0.4) is 0 Å². The molecule has 1 fully saturated rings. The summed E-state index contributed by atoms with van der Waals surface area (Å²) in [5.41, 5.74) is -0.623. The number of aliphatic carboxylic acids is 1. The number of ether oxygens (including phenoxy) is 1. The van der Waals surface area contributed by atoms with Gasteiger partial charge in [-0.1, -0.05) is 22.0 Å². The van der Waals surface area contributed by atoms with Crippen LogP contribution < -0.4 is 4.74 Å². The van der Waals surface area contributed by atoms with E-state index in [1.165, 1.54) is 0 Å². The van der Waals surface area contributed by atoms with Crippen LogP contribution in [0.25, 0.3) is 0 Å². The molecule has 0 bridgehead atoms. The fourth-order valence-corrected chi connectivity index (χ4v) is 1.73. The van der Waals surface area contributed by atoms with E-state index in [0.717, 1.165) is 17.3 Å². The van der Waals surface area contributed by atoms with Crippen LogP contribution in [-0.4, -0.2) is 17.7 Å². The third-order valence-electron chi connectivity index (χ3n) is 2.62. The number of benzene rings is 1. The minimum absolute atomic E-state index is 0.263. The standard InChI is InChI=1S/C11H11BrO3/c12-8-2-1-3-9(6-8)15-7-11(4-5-11)10(13)14/h1-3,6H,4-5,7H2,(H,13,14). The second-order valence-electron chi connectivity index (χ2n) is 3.83. The summed E-state index contributed by atoms with van der Waals surface area (Å²) in [7, 11) is 0. The van der Waals surface area contributed by atoms with E-state index < -0.39 is 11.4 Å². The number of hydrogen-bond acceptors (Lipinski definition) is 2. The highest BCUT2D eigenvalue weighted by Gasteiger charge is 2.51. The molecule has 1 aliphatic carbocycles. The first-order valence-electron chi connectivity index (χ1n) is 4.74. The molecule has 0 saturated heterocycles. The predicted octanol–water partition coefficient (Wildman–Crippen LogP) is 2.69. The molecule has 1 aromatic rings. The summed E-state index contributed by atoms with van der Waals surface area (Å²) in [5.74, 6) is -0.0469. The van der Waals surface area contributed by atoms with Crippen molar-refractivity contribution in [1.29, 1.82) is 0 Å². The lowest BCUT2D eigenvalue weighted by molar-refractivity contribution is -0.144. The Labute approximate surface area is 96.2 Å². The first kappa shape index (κ1) is 10.5. The third kappa shape index (κ3) is 2.31. The summed E-state index contributed by atoms with van der Waals surface area (Å²) in [6.07, 6.45) is 1.44. The fourth-order valence-electron chi connectivity index (χ4n) is 1.35. The van der Waals surface area contributed by atoms with Crippen molar-refractivity contribution in [3.05, 3.63) is 28.7 Å². The van der Waals surface area contributed by atoms with Gasteiger partial charge in [0.1, 0.15) is 17.8 Å². The molecule has 0 unspecified atom stereocenters. The van der Waals surface area contributed by atoms with Gasteiger partial charge in [0.15, 0.2) is 0 Å². The van der Waals surface area contributed by atoms with E-state index in [-0.39, 0.29) is 6.61 Å². The summed E-state index contributed by atoms with van der Waals surface area (Å²) in [4.78, 5) is 10.9. The van der Waals surface area contributed by atoms with Gasteiger partial charge in [0.2, 0.25) is 0 Å². The topological polar surface area (TPSA) is 46.5 Å². The fraction of sp³-hybridized carbons (Fsp3) is 0.364. The van der Waals surface area contributed by atoms with Gasteiger partial charge in [0.25, 0.3) is 0 Å². The molecule has 0 amide bonds. The number of halogens is 1. The third-order valence-corrected chi connectivity index (χ3v) is 3.11. The van der Waals surface area contributed by atoms with Gasteiger partial charge < -0.3 is 9.84 Å². The van der Waals surface area contributed by atoms with E-state index in [0.29, 0.717) is 5.75 Å². The van der Waals surface area contributed by atoms with Gasteiger partial charge in [-0.25, -0.2) is 0 Å². The van der Waals surface area contributed by atoms with Gasteiger partial charge in [-0.05, 0) is 31.0 Å². The number of carboxylic acids is 1. The van der Waals surface area contributed by atoms with Crippen LogP contribution in [0.5, 0.6) is 5.75 Å². The molecule has 0 aromatic heterocycles. The molecule has 0 spiro atoms. The Bertz CT molecular complexity index is 385. The molecule has 4 heteroatoms. The molecular formula is C11H11BrO3. The molecule has 3 nitrogen and oxygen atoms in total. The van der Waals surface area contributed by atoms with Gasteiger partial charge in [0, 0.05) is 4.47 Å². The number of carbonyl (C=O) groups is 1. The summed E-state index contributed by atoms with van der Waals surface area (Å²) in [6.45, 7) is 0.263. The predicted molar refractivity (Wildman–Crippen MR) is 58.9 cm³/mol. The Kier molecular flexibility index (Phi) is 2.69. The minimum atomic E-state index is -0.752. The lowest BCUT2D eigenvalue weighted by atomic mass is 10.1. The molecular weight excluding hydrogens is 260 g/mol. The Morgan fingerprint density at radius 3 is 2.80 bits per heavy atom. The van der Waals surface area contributed by atoms with Crippen LogP contribution in [0, 0.1) is 5.41 Å². The lowest BCUT2D eigenvalue weighted by Crippen LogP contribution is -2.22. The number of rotatable bonds is 4. The van der Waals surface area contributed by atoms with E-state index in [1.54, 1.807) is 0 Å². The molecule has 80 valence electrons. The Hall–Kier alpha value is -1.03. The number of carboxylic acid groups (broad SMARTS) is 1. The maximum atomic E-state index is 10.9. The summed E-state index contributed by atoms with van der Waals surface area (Å²) in [5, 5.41) is 8.95. The number of hydrogen-bond donors (Lipinski definition) is 1. The molecule has 0 radical (unpaired) electrons. The van der Waals surface area contributed by atoms with Crippen molar-refractivity contribution in [3.8, 4) is 5.75 Å². The molecule has 0 atom stereocenters. The van der Waals surface area contributed by atoms with Gasteiger partial charge in [0.05, 0.1) is 0 Å². The summed E-state index contributed by atoms with van der Waals surface area (Å²) < 4.78 is 6.40. The molecule has 1 aromatic carbocycles. The van der Waals surface area contributed by atoms with Crippen LogP contribution in [0.2, 0.25) is 0 Å². The minimum Gasteiger partial charge on any atom is -0.492 e. The Balaban J connectivity index is 1.96. The van der Waals surface area contributed by atoms with E-state index in [2.05, 4.69) is 15.9 Å². The maximum Gasteiger partial charge on any atom is 0.313 e. The second kappa shape index (κ2) is 3.85. The Morgan fingerprint density at radius 2 is 2.27 bits per heavy atom. The van der Waals surface area contributed by atoms with E-state index in [9.17, 15) is 4.79 Å². The van der Waals surface area contributed by atoms with Crippen LogP contribution in [0.4, 0.5) is 0 Å². The average Bonchev–Trinajstić information content (AvgIpc) is 2.96. The van der Waals surface area contributed by atoms with Crippen LogP contribution >= 0.6 is 15.9 Å². The highest BCUT2D eigenvalue weighted by atomic mass is 79.9.